The maximum Gasteiger partial charge on any atom is 0.349 e. The van der Waals surface area contributed by atoms with Gasteiger partial charge in [-0.1, -0.05) is 36.4 Å². The minimum Gasteiger partial charge on any atom is -0.478 e. The van der Waals surface area contributed by atoms with Crippen molar-refractivity contribution < 1.29 is 19.6 Å². The second kappa shape index (κ2) is 5.83. The van der Waals surface area contributed by atoms with E-state index in [9.17, 15) is 20.0 Å². The first-order valence-electron chi connectivity index (χ1n) is 5.77. The van der Waals surface area contributed by atoms with Crippen molar-refractivity contribution in [1.82, 2.24) is 0 Å². The number of hydrogen-bond acceptors (Lipinski definition) is 4. The Morgan fingerprint density at radius 2 is 1.85 bits per heavy atom. The van der Waals surface area contributed by atoms with Gasteiger partial charge in [0.25, 0.3) is 5.69 Å². The van der Waals surface area contributed by atoms with E-state index in [2.05, 4.69) is 0 Å². The number of non-ortho nitro benzene ring substituents is 1. The lowest BCUT2D eigenvalue weighted by Crippen LogP contribution is -2.18. The zero-order chi connectivity index (χ0) is 14.5. The molecule has 0 saturated heterocycles. The third-order valence-electron chi connectivity index (χ3n) is 2.61. The highest BCUT2D eigenvalue weighted by molar-refractivity contribution is 5.74. The quantitative estimate of drug-likeness (QED) is 0.668. The average molecular weight is 273 g/mol. The number of rotatable bonds is 5. The van der Waals surface area contributed by atoms with Gasteiger partial charge >= 0.3 is 5.97 Å². The Bertz CT molecular complexity index is 626. The molecular formula is C14H11NO5. The summed E-state index contributed by atoms with van der Waals surface area (Å²) >= 11 is 0. The summed E-state index contributed by atoms with van der Waals surface area (Å²) in [5.74, 6) is -1.03. The number of aliphatic carboxylic acids is 1. The first kappa shape index (κ1) is 13.5. The van der Waals surface area contributed by atoms with Crippen LogP contribution in [0, 0.1) is 10.1 Å². The molecule has 1 N–H and O–H groups in total. The molecule has 0 aliphatic heterocycles. The molecule has 0 saturated carbocycles. The Balaban J connectivity index is 2.27. The molecule has 0 radical (unpaired) electrons. The molecule has 1 atom stereocenters. The lowest BCUT2D eigenvalue weighted by atomic mass is 10.1. The van der Waals surface area contributed by atoms with Gasteiger partial charge in [0.05, 0.1) is 11.0 Å². The summed E-state index contributed by atoms with van der Waals surface area (Å²) in [6.07, 6.45) is -1.21. The van der Waals surface area contributed by atoms with Crippen LogP contribution in [0.3, 0.4) is 0 Å². The van der Waals surface area contributed by atoms with Crippen LogP contribution in [0.2, 0.25) is 0 Å². The first-order chi connectivity index (χ1) is 9.58. The van der Waals surface area contributed by atoms with Gasteiger partial charge in [-0.15, -0.1) is 0 Å². The van der Waals surface area contributed by atoms with Crippen LogP contribution in [-0.2, 0) is 4.79 Å². The van der Waals surface area contributed by atoms with Gasteiger partial charge in [0.15, 0.2) is 0 Å². The van der Waals surface area contributed by atoms with E-state index in [1.165, 1.54) is 24.3 Å². The molecule has 0 bridgehead atoms. The lowest BCUT2D eigenvalue weighted by molar-refractivity contribution is -0.385. The number of hydrogen-bond donors (Lipinski definition) is 1. The molecule has 2 aromatic rings. The van der Waals surface area contributed by atoms with Crippen molar-refractivity contribution in [1.29, 1.82) is 0 Å². The van der Waals surface area contributed by atoms with Gasteiger partial charge in [-0.3, -0.25) is 10.1 Å². The van der Waals surface area contributed by atoms with Gasteiger partial charge in [0.1, 0.15) is 5.75 Å². The van der Waals surface area contributed by atoms with Gasteiger partial charge in [-0.25, -0.2) is 4.79 Å². The van der Waals surface area contributed by atoms with E-state index in [0.717, 1.165) is 0 Å². The van der Waals surface area contributed by atoms with E-state index in [0.29, 0.717) is 5.56 Å². The fourth-order valence-corrected chi connectivity index (χ4v) is 1.70. The average Bonchev–Trinajstić information content (AvgIpc) is 2.45. The molecule has 6 nitrogen and oxygen atoms in total. The Morgan fingerprint density at radius 3 is 2.45 bits per heavy atom. The number of carboxylic acid groups (broad SMARTS) is 1. The zero-order valence-corrected chi connectivity index (χ0v) is 10.3. The molecule has 0 heterocycles. The predicted molar refractivity (Wildman–Crippen MR) is 70.5 cm³/mol. The van der Waals surface area contributed by atoms with Crippen molar-refractivity contribution in [3.63, 3.8) is 0 Å². The molecule has 0 amide bonds. The minimum atomic E-state index is -1.21. The molecule has 6 heteroatoms. The lowest BCUT2D eigenvalue weighted by Gasteiger charge is -2.15. The van der Waals surface area contributed by atoms with Crippen LogP contribution in [-0.4, -0.2) is 16.0 Å². The molecule has 0 aliphatic carbocycles. The van der Waals surface area contributed by atoms with Crippen molar-refractivity contribution in [3.8, 4) is 5.75 Å². The third kappa shape index (κ3) is 3.11. The second-order valence-corrected chi connectivity index (χ2v) is 4.00. The molecule has 20 heavy (non-hydrogen) atoms. The molecule has 0 spiro atoms. The summed E-state index contributed by atoms with van der Waals surface area (Å²) in [5.41, 5.74) is 0.311. The van der Waals surface area contributed by atoms with Crippen molar-refractivity contribution in [2.75, 3.05) is 0 Å². The monoisotopic (exact) mass is 273 g/mol. The van der Waals surface area contributed by atoms with Crippen LogP contribution in [0.5, 0.6) is 5.75 Å². The topological polar surface area (TPSA) is 89.7 Å². The number of nitrogens with zero attached hydrogens (tertiary/aromatic N) is 1. The van der Waals surface area contributed by atoms with E-state index in [1.807, 2.05) is 0 Å². The van der Waals surface area contributed by atoms with E-state index in [4.69, 9.17) is 4.74 Å². The molecule has 0 fully saturated rings. The summed E-state index contributed by atoms with van der Waals surface area (Å²) in [5, 5.41) is 19.9. The largest absolute Gasteiger partial charge is 0.478 e. The number of ether oxygens (including phenoxy) is 1. The first-order valence-corrected chi connectivity index (χ1v) is 5.77. The maximum atomic E-state index is 11.3. The highest BCUT2D eigenvalue weighted by Crippen LogP contribution is 2.25. The molecule has 0 aliphatic rings. The Morgan fingerprint density at radius 1 is 1.15 bits per heavy atom. The number of carboxylic acids is 1. The molecule has 2 rings (SSSR count). The maximum absolute atomic E-state index is 11.3. The van der Waals surface area contributed by atoms with Gasteiger partial charge in [0, 0.05) is 11.6 Å². The van der Waals surface area contributed by atoms with Crippen molar-refractivity contribution in [2.45, 2.75) is 6.10 Å². The zero-order valence-electron chi connectivity index (χ0n) is 10.3. The smallest absolute Gasteiger partial charge is 0.349 e. The van der Waals surface area contributed by atoms with Crippen LogP contribution >= 0.6 is 0 Å². The third-order valence-corrected chi connectivity index (χ3v) is 2.61. The standard InChI is InChI=1S/C14H11NO5/c16-14(17)13(10-5-2-1-3-6-10)20-12-8-4-7-11(9-12)15(18)19/h1-9,13H,(H,16,17)/t13-/m1/s1. The number of carbonyl (C=O) groups is 1. The molecular weight excluding hydrogens is 262 g/mol. The SMILES string of the molecule is O=C(O)[C@H](Oc1cccc([N+](=O)[O-])c1)c1ccccc1. The van der Waals surface area contributed by atoms with Gasteiger partial charge in [0.2, 0.25) is 6.10 Å². The minimum absolute atomic E-state index is 0.135. The Hall–Kier alpha value is -2.89. The second-order valence-electron chi connectivity index (χ2n) is 4.00. The molecule has 102 valence electrons. The van der Waals surface area contributed by atoms with E-state index in [-0.39, 0.29) is 11.4 Å². The van der Waals surface area contributed by atoms with E-state index < -0.39 is 17.0 Å². The summed E-state index contributed by atoms with van der Waals surface area (Å²) < 4.78 is 5.35. The van der Waals surface area contributed by atoms with Crippen LogP contribution in [0.15, 0.2) is 54.6 Å². The van der Waals surface area contributed by atoms with Crippen LogP contribution in [0.25, 0.3) is 0 Å². The molecule has 0 aromatic heterocycles. The summed E-state index contributed by atoms with van der Waals surface area (Å²) in [4.78, 5) is 21.4. The summed E-state index contributed by atoms with van der Waals surface area (Å²) in [7, 11) is 0. The van der Waals surface area contributed by atoms with Crippen molar-refractivity contribution in [3.05, 3.63) is 70.3 Å². The van der Waals surface area contributed by atoms with E-state index in [1.54, 1.807) is 30.3 Å². The van der Waals surface area contributed by atoms with Crippen molar-refractivity contribution >= 4 is 11.7 Å². The van der Waals surface area contributed by atoms with Crippen LogP contribution in [0.1, 0.15) is 11.7 Å². The summed E-state index contributed by atoms with van der Waals surface area (Å²) in [6, 6.07) is 13.8. The molecule has 2 aromatic carbocycles. The van der Waals surface area contributed by atoms with Gasteiger partial charge in [-0.05, 0) is 6.07 Å². The number of nitro groups is 1. The summed E-state index contributed by atoms with van der Waals surface area (Å²) in [6.45, 7) is 0. The van der Waals surface area contributed by atoms with Gasteiger partial charge in [-0.2, -0.15) is 0 Å². The van der Waals surface area contributed by atoms with Gasteiger partial charge < -0.3 is 9.84 Å². The van der Waals surface area contributed by atoms with Crippen LogP contribution < -0.4 is 4.74 Å². The fraction of sp³-hybridized carbons (Fsp3) is 0.0714. The fourth-order valence-electron chi connectivity index (χ4n) is 1.70. The molecule has 0 unspecified atom stereocenters. The normalized spacial score (nSPS) is 11.6. The van der Waals surface area contributed by atoms with E-state index >= 15 is 0 Å². The predicted octanol–water partition coefficient (Wildman–Crippen LogP) is 2.80. The Labute approximate surface area is 114 Å². The number of benzene rings is 2. The van der Waals surface area contributed by atoms with Crippen molar-refractivity contribution in [2.24, 2.45) is 0 Å². The highest BCUT2D eigenvalue weighted by atomic mass is 16.6. The highest BCUT2D eigenvalue weighted by Gasteiger charge is 2.22. The number of nitro benzene ring substituents is 1. The van der Waals surface area contributed by atoms with Crippen LogP contribution in [0.4, 0.5) is 5.69 Å². The Kier molecular flexibility index (Phi) is 3.95.